The Morgan fingerprint density at radius 2 is 2.36 bits per heavy atom. The predicted molar refractivity (Wildman–Crippen MR) is 91.7 cm³/mol. The first kappa shape index (κ1) is 16.8. The average Bonchev–Trinajstić information content (AvgIpc) is 2.55. The van der Waals surface area contributed by atoms with Gasteiger partial charge in [0.1, 0.15) is 0 Å². The van der Waals surface area contributed by atoms with Gasteiger partial charge in [-0.3, -0.25) is 10.2 Å². The molecule has 0 bridgehead atoms. The molecule has 120 valence electrons. The summed E-state index contributed by atoms with van der Waals surface area (Å²) in [4.78, 5) is 14.8. The van der Waals surface area contributed by atoms with Crippen LogP contribution >= 0.6 is 11.6 Å². The number of nitrogens with one attached hydrogen (secondary N) is 1. The normalized spacial score (nSPS) is 18.7. The van der Waals surface area contributed by atoms with Crippen molar-refractivity contribution in [2.45, 2.75) is 32.2 Å². The van der Waals surface area contributed by atoms with E-state index in [1.807, 2.05) is 30.0 Å². The Kier molecular flexibility index (Phi) is 6.21. The lowest BCUT2D eigenvalue weighted by molar-refractivity contribution is 0.0640. The number of anilines is 1. The third-order valence-corrected chi connectivity index (χ3v) is 4.21. The molecule has 1 fully saturated rings. The predicted octanol–water partition coefficient (Wildman–Crippen LogP) is 2.58. The molecule has 1 aromatic rings. The summed E-state index contributed by atoms with van der Waals surface area (Å²) < 4.78 is 0. The second kappa shape index (κ2) is 8.15. The van der Waals surface area contributed by atoms with Gasteiger partial charge >= 0.3 is 0 Å². The summed E-state index contributed by atoms with van der Waals surface area (Å²) in [5.41, 5.74) is 10.7. The van der Waals surface area contributed by atoms with E-state index < -0.39 is 0 Å². The van der Waals surface area contributed by atoms with Crippen LogP contribution in [-0.4, -0.2) is 42.0 Å². The third-order valence-electron chi connectivity index (χ3n) is 3.85. The van der Waals surface area contributed by atoms with Crippen LogP contribution in [0.2, 0.25) is 0 Å². The minimum atomic E-state index is 0.0134. The zero-order valence-corrected chi connectivity index (χ0v) is 13.6. The summed E-state index contributed by atoms with van der Waals surface area (Å²) in [6.07, 6.45) is 4.69. The van der Waals surface area contributed by atoms with Crippen LogP contribution in [0.25, 0.3) is 0 Å². The second-order valence-electron chi connectivity index (χ2n) is 5.51. The summed E-state index contributed by atoms with van der Waals surface area (Å²) in [5.74, 6) is 0.491. The Bertz CT molecular complexity index is 547. The van der Waals surface area contributed by atoms with Crippen LogP contribution in [0.15, 0.2) is 23.3 Å². The number of amides is 1. The van der Waals surface area contributed by atoms with Crippen molar-refractivity contribution in [3.05, 3.63) is 29.3 Å². The van der Waals surface area contributed by atoms with E-state index in [9.17, 15) is 4.79 Å². The van der Waals surface area contributed by atoms with Crippen molar-refractivity contribution in [2.24, 2.45) is 10.8 Å². The summed E-state index contributed by atoms with van der Waals surface area (Å²) in [6, 6.07) is 5.83. The maximum atomic E-state index is 12.9. The number of carbonyl (C=O) groups is 1. The highest BCUT2D eigenvalue weighted by atomic mass is 35.5. The molecule has 6 heteroatoms. The van der Waals surface area contributed by atoms with E-state index in [1.165, 1.54) is 0 Å². The van der Waals surface area contributed by atoms with Crippen molar-refractivity contribution < 1.29 is 4.79 Å². The molecule has 1 aliphatic heterocycles. The number of benzene rings is 1. The largest absolute Gasteiger partial charge is 0.334 e. The van der Waals surface area contributed by atoms with Crippen molar-refractivity contribution in [3.63, 3.8) is 0 Å². The summed E-state index contributed by atoms with van der Waals surface area (Å²) in [7, 11) is 0. The number of alkyl halides is 1. The van der Waals surface area contributed by atoms with Gasteiger partial charge in [0.15, 0.2) is 0 Å². The number of likely N-dealkylation sites (tertiary alicyclic amines) is 1. The van der Waals surface area contributed by atoms with Crippen molar-refractivity contribution in [1.29, 1.82) is 0 Å². The molecule has 3 N–H and O–H groups in total. The zero-order chi connectivity index (χ0) is 15.9. The first-order chi connectivity index (χ1) is 10.7. The first-order valence-electron chi connectivity index (χ1n) is 7.62. The van der Waals surface area contributed by atoms with Crippen LogP contribution in [-0.2, 0) is 0 Å². The maximum Gasteiger partial charge on any atom is 0.256 e. The molecular weight excluding hydrogens is 300 g/mol. The molecule has 1 heterocycles. The van der Waals surface area contributed by atoms with Crippen LogP contribution in [0, 0.1) is 6.92 Å². The Balaban J connectivity index is 2.26. The molecule has 2 rings (SSSR count). The number of nitrogens with zero attached hydrogens (tertiary/aromatic N) is 2. The summed E-state index contributed by atoms with van der Waals surface area (Å²) in [5, 5.41) is 4.02. The first-order valence-corrected chi connectivity index (χ1v) is 8.16. The number of hydrogen-bond acceptors (Lipinski definition) is 4. The number of aryl methyl sites for hydroxylation is 1. The summed E-state index contributed by atoms with van der Waals surface area (Å²) in [6.45, 7) is 3.08. The van der Waals surface area contributed by atoms with Crippen molar-refractivity contribution >= 4 is 29.4 Å². The fraction of sp³-hybridized carbons (Fsp3) is 0.500. The number of halogens is 1. The highest BCUT2D eigenvalue weighted by Gasteiger charge is 2.28. The number of hydrogen-bond donors (Lipinski definition) is 2. The Morgan fingerprint density at radius 1 is 1.55 bits per heavy atom. The van der Waals surface area contributed by atoms with Gasteiger partial charge in [0.05, 0.1) is 11.3 Å². The molecule has 1 saturated heterocycles. The number of carbonyl (C=O) groups excluding carboxylic acids is 1. The summed E-state index contributed by atoms with van der Waals surface area (Å²) >= 11 is 6.03. The van der Waals surface area contributed by atoms with E-state index in [0.29, 0.717) is 23.7 Å². The maximum absolute atomic E-state index is 12.9. The smallest absolute Gasteiger partial charge is 0.256 e. The van der Waals surface area contributed by atoms with E-state index in [1.54, 1.807) is 6.21 Å². The second-order valence-corrected chi connectivity index (χ2v) is 5.82. The van der Waals surface area contributed by atoms with Crippen LogP contribution in [0.4, 0.5) is 5.69 Å². The monoisotopic (exact) mass is 322 g/mol. The van der Waals surface area contributed by atoms with Gasteiger partial charge in [-0.15, -0.1) is 11.6 Å². The Labute approximate surface area is 136 Å². The van der Waals surface area contributed by atoms with Crippen molar-refractivity contribution in [1.82, 2.24) is 4.90 Å². The molecule has 1 amide bonds. The molecule has 1 aliphatic rings. The lowest BCUT2D eigenvalue weighted by atomic mass is 10.0. The Hall–Kier alpha value is -1.59. The van der Waals surface area contributed by atoms with E-state index in [-0.39, 0.29) is 11.9 Å². The van der Waals surface area contributed by atoms with Crippen LogP contribution in [0.1, 0.15) is 35.2 Å². The van der Waals surface area contributed by atoms with E-state index in [0.717, 1.165) is 31.4 Å². The van der Waals surface area contributed by atoms with E-state index >= 15 is 0 Å². The fourth-order valence-corrected chi connectivity index (χ4v) is 3.00. The number of nitrogens with two attached hydrogens (primary N) is 1. The minimum Gasteiger partial charge on any atom is -0.334 e. The van der Waals surface area contributed by atoms with E-state index in [2.05, 4.69) is 10.5 Å². The van der Waals surface area contributed by atoms with Crippen LogP contribution in [0.3, 0.4) is 0 Å². The molecule has 0 aliphatic carbocycles. The van der Waals surface area contributed by atoms with Crippen LogP contribution < -0.4 is 11.2 Å². The fourth-order valence-electron chi connectivity index (χ4n) is 2.68. The minimum absolute atomic E-state index is 0.0134. The molecule has 0 saturated carbocycles. The number of rotatable bonds is 5. The van der Waals surface area contributed by atoms with E-state index in [4.69, 9.17) is 17.3 Å². The molecule has 1 atom stereocenters. The van der Waals surface area contributed by atoms with Gasteiger partial charge in [-0.05, 0) is 38.3 Å². The van der Waals surface area contributed by atoms with Crippen molar-refractivity contribution in [3.8, 4) is 0 Å². The quantitative estimate of drug-likeness (QED) is 0.497. The average molecular weight is 323 g/mol. The topological polar surface area (TPSA) is 70.7 Å². The van der Waals surface area contributed by atoms with Gasteiger partial charge in [0.25, 0.3) is 5.91 Å². The van der Waals surface area contributed by atoms with Gasteiger partial charge in [-0.25, -0.2) is 0 Å². The molecule has 1 unspecified atom stereocenters. The highest BCUT2D eigenvalue weighted by molar-refractivity contribution is 6.18. The lowest BCUT2D eigenvalue weighted by Crippen LogP contribution is -2.44. The zero-order valence-electron chi connectivity index (χ0n) is 12.9. The molecule has 0 spiro atoms. The molecule has 0 radical (unpaired) electrons. The lowest BCUT2D eigenvalue weighted by Gasteiger charge is -2.35. The molecule has 5 nitrogen and oxygen atoms in total. The van der Waals surface area contributed by atoms with Crippen LogP contribution in [0.5, 0.6) is 0 Å². The molecular formula is C16H23ClN4O. The molecule has 0 aromatic heterocycles. The van der Waals surface area contributed by atoms with Crippen molar-refractivity contribution in [2.75, 3.05) is 24.4 Å². The number of piperidine rings is 1. The molecule has 1 aromatic carbocycles. The highest BCUT2D eigenvalue weighted by Crippen LogP contribution is 2.25. The van der Waals surface area contributed by atoms with Gasteiger partial charge < -0.3 is 10.6 Å². The standard InChI is InChI=1S/C16H23ClN4O/c1-12-5-6-15(20-19-8-7-18)14(10-12)16(22)21-9-3-2-4-13(21)11-17/h5-6,8,10,13,20H,2-4,7,9,11,18H2,1H3/b19-8-. The van der Waals surface area contributed by atoms with Gasteiger partial charge in [-0.1, -0.05) is 11.6 Å². The van der Waals surface area contributed by atoms with Gasteiger partial charge in [-0.2, -0.15) is 5.10 Å². The Morgan fingerprint density at radius 3 is 3.09 bits per heavy atom. The van der Waals surface area contributed by atoms with Gasteiger partial charge in [0.2, 0.25) is 0 Å². The number of hydrazone groups is 1. The van der Waals surface area contributed by atoms with Gasteiger partial charge in [0, 0.05) is 31.2 Å². The third kappa shape index (κ3) is 3.99. The SMILES string of the molecule is Cc1ccc(N/N=C\CN)c(C(=O)N2CCCCC2CCl)c1. The molecule has 22 heavy (non-hydrogen) atoms.